The van der Waals surface area contributed by atoms with Gasteiger partial charge in [0.15, 0.2) is 0 Å². The molecule has 0 aromatic carbocycles. The van der Waals surface area contributed by atoms with Crippen molar-refractivity contribution in [3.05, 3.63) is 11.6 Å². The molecule has 1 unspecified atom stereocenters. The average molecular weight is 197 g/mol. The smallest absolute Gasteiger partial charge is 0.0194 e. The topological polar surface area (TPSA) is 3.24 Å². The van der Waals surface area contributed by atoms with Crippen molar-refractivity contribution in [3.63, 3.8) is 0 Å². The van der Waals surface area contributed by atoms with Crippen LogP contribution in [0.2, 0.25) is 0 Å². The van der Waals surface area contributed by atoms with Gasteiger partial charge in [-0.05, 0) is 38.5 Å². The lowest BCUT2D eigenvalue weighted by atomic mass is 9.92. The van der Waals surface area contributed by atoms with E-state index in [0.717, 1.165) is 6.04 Å². The molecule has 0 amide bonds. The fraction of sp³-hybridized carbons (Fsp3) is 0.818. The third-order valence-corrected chi connectivity index (χ3v) is 4.34. The first-order valence-electron chi connectivity index (χ1n) is 5.32. The molecule has 1 saturated carbocycles. The molecule has 0 aromatic rings. The van der Waals surface area contributed by atoms with Gasteiger partial charge in [-0.3, -0.25) is 4.90 Å². The Morgan fingerprint density at radius 2 is 2.38 bits per heavy atom. The molecular formula is C11H19NS. The lowest BCUT2D eigenvalue weighted by molar-refractivity contribution is 0.288. The standard InChI is InChI=1S/C11H19NS/c1-12(11-6-8-13-9-11)7-5-10-3-2-4-10/h5,11H,2-4,6-9H2,1H3. The summed E-state index contributed by atoms with van der Waals surface area (Å²) in [7, 11) is 2.27. The lowest BCUT2D eigenvalue weighted by Gasteiger charge is -2.24. The van der Waals surface area contributed by atoms with Crippen LogP contribution in [0.15, 0.2) is 11.6 Å². The molecule has 13 heavy (non-hydrogen) atoms. The molecule has 0 aromatic heterocycles. The summed E-state index contributed by atoms with van der Waals surface area (Å²) in [5.41, 5.74) is 1.69. The minimum atomic E-state index is 0.849. The maximum absolute atomic E-state index is 2.52. The highest BCUT2D eigenvalue weighted by molar-refractivity contribution is 7.99. The fourth-order valence-corrected chi connectivity index (χ4v) is 3.18. The van der Waals surface area contributed by atoms with Gasteiger partial charge in [-0.15, -0.1) is 0 Å². The van der Waals surface area contributed by atoms with E-state index in [9.17, 15) is 0 Å². The summed E-state index contributed by atoms with van der Waals surface area (Å²) in [5, 5.41) is 0. The van der Waals surface area contributed by atoms with E-state index in [2.05, 4.69) is 29.8 Å². The second-order valence-corrected chi connectivity index (χ2v) is 5.32. The maximum Gasteiger partial charge on any atom is 0.0194 e. The van der Waals surface area contributed by atoms with Crippen molar-refractivity contribution in [2.45, 2.75) is 31.7 Å². The van der Waals surface area contributed by atoms with Crippen LogP contribution in [-0.2, 0) is 0 Å². The Bertz CT molecular complexity index is 188. The predicted molar refractivity (Wildman–Crippen MR) is 60.3 cm³/mol. The van der Waals surface area contributed by atoms with Crippen LogP contribution < -0.4 is 0 Å². The van der Waals surface area contributed by atoms with Crippen molar-refractivity contribution in [1.82, 2.24) is 4.90 Å². The maximum atomic E-state index is 2.52. The number of rotatable bonds is 3. The first-order chi connectivity index (χ1) is 6.36. The first kappa shape index (κ1) is 9.60. The van der Waals surface area contributed by atoms with E-state index in [4.69, 9.17) is 0 Å². The van der Waals surface area contributed by atoms with Gasteiger partial charge in [0.1, 0.15) is 0 Å². The number of hydrogen-bond donors (Lipinski definition) is 0. The molecule has 1 heterocycles. The normalized spacial score (nSPS) is 27.8. The monoisotopic (exact) mass is 197 g/mol. The van der Waals surface area contributed by atoms with Crippen LogP contribution in [0.3, 0.4) is 0 Å². The molecule has 1 saturated heterocycles. The van der Waals surface area contributed by atoms with E-state index in [0.29, 0.717) is 0 Å². The summed E-state index contributed by atoms with van der Waals surface area (Å²) < 4.78 is 0. The largest absolute Gasteiger partial charge is 0.299 e. The SMILES string of the molecule is CN(CC=C1CCC1)C1CCSC1. The minimum absolute atomic E-state index is 0.849. The van der Waals surface area contributed by atoms with Crippen LogP contribution in [0.1, 0.15) is 25.7 Å². The van der Waals surface area contributed by atoms with Gasteiger partial charge in [-0.2, -0.15) is 11.8 Å². The van der Waals surface area contributed by atoms with Gasteiger partial charge in [0.05, 0.1) is 0 Å². The third-order valence-electron chi connectivity index (χ3n) is 3.19. The van der Waals surface area contributed by atoms with Crippen LogP contribution in [0.5, 0.6) is 0 Å². The van der Waals surface area contributed by atoms with Gasteiger partial charge in [0.2, 0.25) is 0 Å². The predicted octanol–water partition coefficient (Wildman–Crippen LogP) is 2.53. The quantitative estimate of drug-likeness (QED) is 0.640. The molecule has 0 N–H and O–H groups in total. The van der Waals surface area contributed by atoms with E-state index >= 15 is 0 Å². The zero-order valence-electron chi connectivity index (χ0n) is 8.46. The zero-order valence-corrected chi connectivity index (χ0v) is 9.28. The lowest BCUT2D eigenvalue weighted by Crippen LogP contribution is -2.31. The molecular weight excluding hydrogens is 178 g/mol. The molecule has 74 valence electrons. The molecule has 1 aliphatic heterocycles. The summed E-state index contributed by atoms with van der Waals surface area (Å²) in [5.74, 6) is 2.71. The Morgan fingerprint density at radius 3 is 2.92 bits per heavy atom. The van der Waals surface area contributed by atoms with Crippen LogP contribution in [-0.4, -0.2) is 36.0 Å². The van der Waals surface area contributed by atoms with E-state index < -0.39 is 0 Å². The van der Waals surface area contributed by atoms with Crippen molar-refractivity contribution in [1.29, 1.82) is 0 Å². The zero-order chi connectivity index (χ0) is 9.10. The second kappa shape index (κ2) is 4.52. The van der Waals surface area contributed by atoms with Gasteiger partial charge >= 0.3 is 0 Å². The van der Waals surface area contributed by atoms with Crippen molar-refractivity contribution >= 4 is 11.8 Å². The Balaban J connectivity index is 1.73. The van der Waals surface area contributed by atoms with E-state index in [1.807, 2.05) is 0 Å². The highest BCUT2D eigenvalue weighted by atomic mass is 32.2. The van der Waals surface area contributed by atoms with Gasteiger partial charge < -0.3 is 0 Å². The van der Waals surface area contributed by atoms with Gasteiger partial charge in [-0.25, -0.2) is 0 Å². The number of allylic oxidation sites excluding steroid dienone is 1. The molecule has 1 nitrogen and oxygen atoms in total. The minimum Gasteiger partial charge on any atom is -0.299 e. The van der Waals surface area contributed by atoms with Crippen molar-refractivity contribution in [2.24, 2.45) is 0 Å². The Morgan fingerprint density at radius 1 is 1.54 bits per heavy atom. The summed E-state index contributed by atoms with van der Waals surface area (Å²) in [6.45, 7) is 1.18. The van der Waals surface area contributed by atoms with Crippen LogP contribution in [0.4, 0.5) is 0 Å². The Labute approximate surface area is 85.6 Å². The highest BCUT2D eigenvalue weighted by Crippen LogP contribution is 2.26. The summed E-state index contributed by atoms with van der Waals surface area (Å²) >= 11 is 2.10. The summed E-state index contributed by atoms with van der Waals surface area (Å²) in [4.78, 5) is 2.52. The van der Waals surface area contributed by atoms with E-state index in [1.54, 1.807) is 5.57 Å². The molecule has 0 spiro atoms. The Hall–Kier alpha value is 0.0500. The number of thioether (sulfide) groups is 1. The van der Waals surface area contributed by atoms with Crippen LogP contribution in [0, 0.1) is 0 Å². The summed E-state index contributed by atoms with van der Waals surface area (Å²) in [6, 6.07) is 0.849. The molecule has 0 bridgehead atoms. The molecule has 0 radical (unpaired) electrons. The molecule has 2 aliphatic rings. The summed E-state index contributed by atoms with van der Waals surface area (Å²) in [6.07, 6.45) is 8.01. The second-order valence-electron chi connectivity index (χ2n) is 4.17. The van der Waals surface area contributed by atoms with Gasteiger partial charge in [0, 0.05) is 18.3 Å². The van der Waals surface area contributed by atoms with Crippen molar-refractivity contribution in [2.75, 3.05) is 25.1 Å². The molecule has 2 rings (SSSR count). The highest BCUT2D eigenvalue weighted by Gasteiger charge is 2.19. The van der Waals surface area contributed by atoms with Gasteiger partial charge in [0.25, 0.3) is 0 Å². The van der Waals surface area contributed by atoms with Crippen LogP contribution >= 0.6 is 11.8 Å². The molecule has 1 atom stereocenters. The number of hydrogen-bond acceptors (Lipinski definition) is 2. The van der Waals surface area contributed by atoms with Crippen LogP contribution in [0.25, 0.3) is 0 Å². The first-order valence-corrected chi connectivity index (χ1v) is 6.47. The average Bonchev–Trinajstić information content (AvgIpc) is 2.52. The molecule has 2 fully saturated rings. The fourth-order valence-electron chi connectivity index (χ4n) is 1.88. The van der Waals surface area contributed by atoms with E-state index in [1.165, 1.54) is 43.7 Å². The van der Waals surface area contributed by atoms with E-state index in [-0.39, 0.29) is 0 Å². The van der Waals surface area contributed by atoms with Crippen molar-refractivity contribution in [3.8, 4) is 0 Å². The number of likely N-dealkylation sites (N-methyl/N-ethyl adjacent to an activating group) is 1. The third kappa shape index (κ3) is 2.50. The molecule has 2 heteroatoms. The van der Waals surface area contributed by atoms with Crippen molar-refractivity contribution < 1.29 is 0 Å². The van der Waals surface area contributed by atoms with Gasteiger partial charge in [-0.1, -0.05) is 11.6 Å². The Kier molecular flexibility index (Phi) is 3.33. The molecule has 1 aliphatic carbocycles. The number of nitrogens with zero attached hydrogens (tertiary/aromatic N) is 1.